The molecule has 0 spiro atoms. The molecular weight excluding hydrogens is 340 g/mol. The van der Waals surface area contributed by atoms with E-state index in [1.807, 2.05) is 53.4 Å². The molecule has 1 unspecified atom stereocenters. The molecular formula is C18H20BrN2O-. The van der Waals surface area contributed by atoms with Crippen LogP contribution >= 0.6 is 0 Å². The number of halogens is 1. The summed E-state index contributed by atoms with van der Waals surface area (Å²) in [6, 6.07) is 17.6. The van der Waals surface area contributed by atoms with E-state index in [0.29, 0.717) is 0 Å². The molecule has 1 atom stereocenters. The second kappa shape index (κ2) is 6.97. The van der Waals surface area contributed by atoms with Crippen LogP contribution in [0.4, 0.5) is 11.4 Å². The maximum atomic E-state index is 12.9. The minimum Gasteiger partial charge on any atom is -1.00 e. The Morgan fingerprint density at radius 3 is 2.23 bits per heavy atom. The molecule has 116 valence electrons. The highest BCUT2D eigenvalue weighted by Gasteiger charge is 2.36. The predicted octanol–water partition coefficient (Wildman–Crippen LogP) is 0.913. The van der Waals surface area contributed by atoms with E-state index < -0.39 is 0 Å². The van der Waals surface area contributed by atoms with E-state index >= 15 is 0 Å². The van der Waals surface area contributed by atoms with E-state index in [1.54, 1.807) is 0 Å². The molecule has 0 fully saturated rings. The second-order valence-electron chi connectivity index (χ2n) is 5.36. The number of nitrogens with zero attached hydrogens (tertiary/aromatic N) is 2. The second-order valence-corrected chi connectivity index (χ2v) is 5.36. The molecule has 0 saturated carbocycles. The van der Waals surface area contributed by atoms with E-state index in [2.05, 4.69) is 24.8 Å². The highest BCUT2D eigenvalue weighted by Crippen LogP contribution is 2.40. The number of anilines is 2. The summed E-state index contributed by atoms with van der Waals surface area (Å²) in [7, 11) is 0. The van der Waals surface area contributed by atoms with Crippen molar-refractivity contribution in [1.82, 2.24) is 0 Å². The Bertz CT molecular complexity index is 645. The van der Waals surface area contributed by atoms with Crippen LogP contribution in [0.5, 0.6) is 0 Å². The highest BCUT2D eigenvalue weighted by molar-refractivity contribution is 6.10. The van der Waals surface area contributed by atoms with Crippen LogP contribution in [-0.4, -0.2) is 18.6 Å². The van der Waals surface area contributed by atoms with Gasteiger partial charge in [0, 0.05) is 12.1 Å². The highest BCUT2D eigenvalue weighted by atomic mass is 79.9. The number of amides is 1. The van der Waals surface area contributed by atoms with Gasteiger partial charge in [0.15, 0.2) is 0 Å². The van der Waals surface area contributed by atoms with E-state index in [9.17, 15) is 4.79 Å². The third kappa shape index (κ3) is 2.75. The molecule has 3 nitrogen and oxygen atoms in total. The number of benzene rings is 2. The standard InChI is InChI=1S/C18H20N2O.BrH/c1-3-13-19-14(2)20(17-12-8-7-11-16(17)19)18(21)15-9-5-4-6-10-15;/h4-12,14H,3,13H2,1-2H3;1H/p-1. The van der Waals surface area contributed by atoms with Gasteiger partial charge >= 0.3 is 0 Å². The lowest BCUT2D eigenvalue weighted by atomic mass is 10.2. The largest absolute Gasteiger partial charge is 1.00 e. The molecule has 22 heavy (non-hydrogen) atoms. The van der Waals surface area contributed by atoms with Crippen molar-refractivity contribution in [1.29, 1.82) is 0 Å². The van der Waals surface area contributed by atoms with Crippen LogP contribution in [0.2, 0.25) is 0 Å². The summed E-state index contributed by atoms with van der Waals surface area (Å²) in [5, 5.41) is 0. The van der Waals surface area contributed by atoms with Crippen molar-refractivity contribution < 1.29 is 21.8 Å². The zero-order chi connectivity index (χ0) is 14.8. The zero-order valence-electron chi connectivity index (χ0n) is 12.9. The number of fused-ring (bicyclic) bond motifs is 1. The van der Waals surface area contributed by atoms with Gasteiger partial charge in [0.25, 0.3) is 5.91 Å². The first-order chi connectivity index (χ1) is 10.2. The Hall–Kier alpha value is -1.81. The summed E-state index contributed by atoms with van der Waals surface area (Å²) in [6.45, 7) is 5.21. The summed E-state index contributed by atoms with van der Waals surface area (Å²) < 4.78 is 0. The van der Waals surface area contributed by atoms with E-state index in [1.165, 1.54) is 0 Å². The van der Waals surface area contributed by atoms with Crippen LogP contribution in [0.1, 0.15) is 30.6 Å². The van der Waals surface area contributed by atoms with Crippen molar-refractivity contribution in [3.63, 3.8) is 0 Å². The van der Waals surface area contributed by atoms with Gasteiger partial charge in [0.05, 0.1) is 11.4 Å². The number of carbonyl (C=O) groups is 1. The van der Waals surface area contributed by atoms with E-state index in [-0.39, 0.29) is 29.1 Å². The monoisotopic (exact) mass is 359 g/mol. The van der Waals surface area contributed by atoms with Crippen molar-refractivity contribution in [3.8, 4) is 0 Å². The van der Waals surface area contributed by atoms with Crippen molar-refractivity contribution in [2.75, 3.05) is 16.3 Å². The topological polar surface area (TPSA) is 23.6 Å². The fourth-order valence-corrected chi connectivity index (χ4v) is 3.00. The third-order valence-electron chi connectivity index (χ3n) is 3.98. The fourth-order valence-electron chi connectivity index (χ4n) is 3.00. The van der Waals surface area contributed by atoms with Crippen LogP contribution in [-0.2, 0) is 0 Å². The molecule has 1 heterocycles. The van der Waals surface area contributed by atoms with E-state index in [0.717, 1.165) is 29.9 Å². The molecule has 4 heteroatoms. The average Bonchev–Trinajstić information content (AvgIpc) is 2.81. The van der Waals surface area contributed by atoms with Crippen molar-refractivity contribution in [2.24, 2.45) is 0 Å². The van der Waals surface area contributed by atoms with Crippen LogP contribution in [0.25, 0.3) is 0 Å². The van der Waals surface area contributed by atoms with Crippen molar-refractivity contribution >= 4 is 17.3 Å². The summed E-state index contributed by atoms with van der Waals surface area (Å²) in [6.07, 6.45) is 1.11. The lowest BCUT2D eigenvalue weighted by Gasteiger charge is -2.28. The smallest absolute Gasteiger partial charge is 0.260 e. The molecule has 0 N–H and O–H groups in total. The third-order valence-corrected chi connectivity index (χ3v) is 3.98. The molecule has 3 rings (SSSR count). The van der Waals surface area contributed by atoms with Crippen molar-refractivity contribution in [2.45, 2.75) is 26.4 Å². The Morgan fingerprint density at radius 2 is 1.59 bits per heavy atom. The summed E-state index contributed by atoms with van der Waals surface area (Å²) in [5.74, 6) is 0.0640. The molecule has 2 aromatic rings. The maximum absolute atomic E-state index is 12.9. The lowest BCUT2D eigenvalue weighted by Crippen LogP contribution is -3.00. The quantitative estimate of drug-likeness (QED) is 0.813. The predicted molar refractivity (Wildman–Crippen MR) is 86.8 cm³/mol. The Balaban J connectivity index is 0.00000176. The van der Waals surface area contributed by atoms with Gasteiger partial charge in [0.1, 0.15) is 6.17 Å². The first kappa shape index (κ1) is 16.6. The number of rotatable bonds is 3. The maximum Gasteiger partial charge on any atom is 0.260 e. The molecule has 0 radical (unpaired) electrons. The molecule has 0 saturated heterocycles. The van der Waals surface area contributed by atoms with Gasteiger partial charge in [-0.05, 0) is 37.6 Å². The van der Waals surface area contributed by atoms with Crippen molar-refractivity contribution in [3.05, 3.63) is 60.2 Å². The molecule has 0 bridgehead atoms. The first-order valence-corrected chi connectivity index (χ1v) is 7.48. The van der Waals surface area contributed by atoms with Gasteiger partial charge in [-0.2, -0.15) is 0 Å². The molecule has 1 amide bonds. The Kier molecular flexibility index (Phi) is 5.24. The molecule has 1 aliphatic rings. The summed E-state index contributed by atoms with van der Waals surface area (Å²) >= 11 is 0. The number of hydrogen-bond acceptors (Lipinski definition) is 2. The first-order valence-electron chi connectivity index (χ1n) is 7.48. The SMILES string of the molecule is CCCN1c2ccccc2N(C(=O)c2ccccc2)C1C.[Br-]. The van der Waals surface area contributed by atoms with E-state index in [4.69, 9.17) is 0 Å². The van der Waals surface area contributed by atoms with Crippen LogP contribution in [0, 0.1) is 0 Å². The molecule has 1 aliphatic heterocycles. The minimum atomic E-state index is 0. The van der Waals surface area contributed by atoms with Gasteiger partial charge < -0.3 is 21.9 Å². The number of para-hydroxylation sites is 2. The van der Waals surface area contributed by atoms with Crippen LogP contribution in [0.3, 0.4) is 0 Å². The molecule has 0 aromatic heterocycles. The Labute approximate surface area is 142 Å². The van der Waals surface area contributed by atoms with Gasteiger partial charge in [-0.1, -0.05) is 37.3 Å². The van der Waals surface area contributed by atoms with Crippen LogP contribution in [0.15, 0.2) is 54.6 Å². The average molecular weight is 360 g/mol. The molecule has 2 aromatic carbocycles. The van der Waals surface area contributed by atoms with Gasteiger partial charge in [-0.25, -0.2) is 0 Å². The summed E-state index contributed by atoms with van der Waals surface area (Å²) in [4.78, 5) is 17.1. The summed E-state index contributed by atoms with van der Waals surface area (Å²) in [5.41, 5.74) is 2.89. The van der Waals surface area contributed by atoms with Crippen LogP contribution < -0.4 is 26.8 Å². The zero-order valence-corrected chi connectivity index (χ0v) is 14.5. The fraction of sp³-hybridized carbons (Fsp3) is 0.278. The van der Waals surface area contributed by atoms with Gasteiger partial charge in [0.2, 0.25) is 0 Å². The minimum absolute atomic E-state index is 0. The normalized spacial score (nSPS) is 16.2. The van der Waals surface area contributed by atoms with Gasteiger partial charge in [-0.3, -0.25) is 9.69 Å². The number of hydrogen-bond donors (Lipinski definition) is 0. The molecule has 0 aliphatic carbocycles. The lowest BCUT2D eigenvalue weighted by molar-refractivity contribution is -0.0000121. The number of carbonyl (C=O) groups excluding carboxylic acids is 1. The van der Waals surface area contributed by atoms with Gasteiger partial charge in [-0.15, -0.1) is 0 Å². The Morgan fingerprint density at radius 1 is 1.00 bits per heavy atom.